The molecule has 1 saturated heterocycles. The van der Waals surface area contributed by atoms with E-state index in [9.17, 15) is 13.2 Å². The van der Waals surface area contributed by atoms with Gasteiger partial charge in [0.2, 0.25) is 5.91 Å². The molecule has 4 rings (SSSR count). The van der Waals surface area contributed by atoms with Crippen LogP contribution in [0.25, 0.3) is 0 Å². The number of para-hydroxylation sites is 1. The minimum Gasteiger partial charge on any atom is -0.359 e. The van der Waals surface area contributed by atoms with Crippen molar-refractivity contribution in [2.45, 2.75) is 63.6 Å². The Labute approximate surface area is 156 Å². The Bertz CT molecular complexity index is 786. The van der Waals surface area contributed by atoms with Crippen LogP contribution in [0, 0.1) is 0 Å². The number of hydrogen-bond acceptors (Lipinski definition) is 4. The van der Waals surface area contributed by atoms with Gasteiger partial charge in [0.25, 0.3) is 0 Å². The highest BCUT2D eigenvalue weighted by atomic mass is 32.2. The molecular formula is C20H28N2O3S. The Morgan fingerprint density at radius 2 is 1.88 bits per heavy atom. The summed E-state index contributed by atoms with van der Waals surface area (Å²) in [5.41, 5.74) is 2.45. The van der Waals surface area contributed by atoms with Crippen molar-refractivity contribution < 1.29 is 13.2 Å². The normalized spacial score (nSPS) is 27.7. The van der Waals surface area contributed by atoms with Gasteiger partial charge in [0.15, 0.2) is 9.84 Å². The number of sulfone groups is 1. The summed E-state index contributed by atoms with van der Waals surface area (Å²) < 4.78 is 24.0. The molecule has 142 valence electrons. The fraction of sp³-hybridized carbons (Fsp3) is 0.650. The molecule has 3 aliphatic rings. The van der Waals surface area contributed by atoms with E-state index in [0.717, 1.165) is 37.8 Å². The number of amides is 1. The molecule has 1 amide bonds. The number of hydrogen-bond donors (Lipinski definition) is 0. The van der Waals surface area contributed by atoms with Crippen LogP contribution in [-0.4, -0.2) is 55.4 Å². The third kappa shape index (κ3) is 3.36. The van der Waals surface area contributed by atoms with E-state index >= 15 is 0 Å². The summed E-state index contributed by atoms with van der Waals surface area (Å²) in [4.78, 5) is 17.5. The summed E-state index contributed by atoms with van der Waals surface area (Å²) in [6, 6.07) is 8.67. The molecule has 2 aliphatic heterocycles. The fourth-order valence-electron chi connectivity index (χ4n) is 4.98. The van der Waals surface area contributed by atoms with Crippen LogP contribution in [0.5, 0.6) is 0 Å². The van der Waals surface area contributed by atoms with Crippen LogP contribution >= 0.6 is 0 Å². The van der Waals surface area contributed by atoms with Crippen molar-refractivity contribution in [3.63, 3.8) is 0 Å². The molecule has 0 N–H and O–H groups in total. The first-order valence-electron chi connectivity index (χ1n) is 9.81. The number of nitrogens with zero attached hydrogens (tertiary/aromatic N) is 2. The number of anilines is 1. The van der Waals surface area contributed by atoms with Crippen LogP contribution in [0.4, 0.5) is 5.69 Å². The van der Waals surface area contributed by atoms with Crippen molar-refractivity contribution in [1.29, 1.82) is 0 Å². The van der Waals surface area contributed by atoms with Gasteiger partial charge in [-0.3, -0.25) is 4.79 Å². The summed E-state index contributed by atoms with van der Waals surface area (Å²) in [6.45, 7) is 2.51. The lowest BCUT2D eigenvalue weighted by atomic mass is 10.1. The van der Waals surface area contributed by atoms with E-state index in [0.29, 0.717) is 19.0 Å². The largest absolute Gasteiger partial charge is 0.359 e. The summed E-state index contributed by atoms with van der Waals surface area (Å²) in [7, 11) is -3.00. The second-order valence-electron chi connectivity index (χ2n) is 8.11. The smallest absolute Gasteiger partial charge is 0.242 e. The molecule has 2 heterocycles. The summed E-state index contributed by atoms with van der Waals surface area (Å²) in [6.07, 6.45) is 5.85. The Morgan fingerprint density at radius 3 is 2.58 bits per heavy atom. The molecule has 1 aromatic carbocycles. The zero-order chi connectivity index (χ0) is 18.3. The SMILES string of the molecule is C[C@H]1Cc2ccccc2N1CC(=O)N(C1CCCC1)[C@H]1CCS(=O)(=O)C1. The summed E-state index contributed by atoms with van der Waals surface area (Å²) in [5.74, 6) is 0.459. The molecule has 6 heteroatoms. The summed E-state index contributed by atoms with van der Waals surface area (Å²) in [5, 5.41) is 0. The van der Waals surface area contributed by atoms with Crippen molar-refractivity contribution in [2.24, 2.45) is 0 Å². The number of carbonyl (C=O) groups excluding carboxylic acids is 1. The minimum atomic E-state index is -3.00. The molecule has 2 fully saturated rings. The molecule has 5 nitrogen and oxygen atoms in total. The zero-order valence-electron chi connectivity index (χ0n) is 15.4. The molecule has 1 aromatic rings. The van der Waals surface area contributed by atoms with E-state index in [2.05, 4.69) is 24.0 Å². The predicted octanol–water partition coefficient (Wildman–Crippen LogP) is 2.40. The first-order valence-corrected chi connectivity index (χ1v) is 11.6. The van der Waals surface area contributed by atoms with Crippen LogP contribution in [0.15, 0.2) is 24.3 Å². The van der Waals surface area contributed by atoms with Gasteiger partial charge >= 0.3 is 0 Å². The lowest BCUT2D eigenvalue weighted by molar-refractivity contribution is -0.134. The first kappa shape index (κ1) is 17.8. The molecule has 0 unspecified atom stereocenters. The van der Waals surface area contributed by atoms with Gasteiger partial charge in [0, 0.05) is 23.8 Å². The molecule has 0 radical (unpaired) electrons. The quantitative estimate of drug-likeness (QED) is 0.810. The third-order valence-corrected chi connectivity index (χ3v) is 8.01. The Morgan fingerprint density at radius 1 is 1.15 bits per heavy atom. The van der Waals surface area contributed by atoms with E-state index in [1.54, 1.807) is 0 Å². The van der Waals surface area contributed by atoms with Gasteiger partial charge in [-0.05, 0) is 44.2 Å². The molecule has 0 spiro atoms. The van der Waals surface area contributed by atoms with Crippen LogP contribution in [0.3, 0.4) is 0 Å². The van der Waals surface area contributed by atoms with Gasteiger partial charge in [-0.15, -0.1) is 0 Å². The maximum atomic E-state index is 13.3. The Kier molecular flexibility index (Phi) is 4.71. The van der Waals surface area contributed by atoms with E-state index < -0.39 is 9.84 Å². The molecule has 0 bridgehead atoms. The summed E-state index contributed by atoms with van der Waals surface area (Å²) >= 11 is 0. The van der Waals surface area contributed by atoms with E-state index in [1.165, 1.54) is 5.56 Å². The molecule has 1 aliphatic carbocycles. The van der Waals surface area contributed by atoms with Crippen LogP contribution < -0.4 is 4.90 Å². The van der Waals surface area contributed by atoms with Crippen molar-refractivity contribution in [2.75, 3.05) is 23.0 Å². The van der Waals surface area contributed by atoms with E-state index in [4.69, 9.17) is 0 Å². The molecule has 1 saturated carbocycles. The molecule has 2 atom stereocenters. The number of rotatable bonds is 4. The monoisotopic (exact) mass is 376 g/mol. The number of benzene rings is 1. The number of fused-ring (bicyclic) bond motifs is 1. The van der Waals surface area contributed by atoms with Gasteiger partial charge in [-0.25, -0.2) is 8.42 Å². The topological polar surface area (TPSA) is 57.7 Å². The maximum Gasteiger partial charge on any atom is 0.242 e. The zero-order valence-corrected chi connectivity index (χ0v) is 16.2. The van der Waals surface area contributed by atoms with E-state index in [1.807, 2.05) is 17.0 Å². The van der Waals surface area contributed by atoms with Crippen LogP contribution in [-0.2, 0) is 21.1 Å². The van der Waals surface area contributed by atoms with Gasteiger partial charge < -0.3 is 9.80 Å². The maximum absolute atomic E-state index is 13.3. The molecule has 0 aromatic heterocycles. The predicted molar refractivity (Wildman–Crippen MR) is 103 cm³/mol. The van der Waals surface area contributed by atoms with Crippen LogP contribution in [0.2, 0.25) is 0 Å². The first-order chi connectivity index (χ1) is 12.4. The van der Waals surface area contributed by atoms with Crippen LogP contribution in [0.1, 0.15) is 44.6 Å². The molecular weight excluding hydrogens is 348 g/mol. The van der Waals surface area contributed by atoms with Crippen molar-refractivity contribution >= 4 is 21.4 Å². The third-order valence-electron chi connectivity index (χ3n) is 6.26. The number of carbonyl (C=O) groups is 1. The second-order valence-corrected chi connectivity index (χ2v) is 10.3. The fourth-order valence-corrected chi connectivity index (χ4v) is 6.69. The van der Waals surface area contributed by atoms with Gasteiger partial charge in [-0.2, -0.15) is 0 Å². The highest BCUT2D eigenvalue weighted by Gasteiger charge is 2.40. The van der Waals surface area contributed by atoms with Gasteiger partial charge in [0.05, 0.1) is 18.1 Å². The van der Waals surface area contributed by atoms with E-state index in [-0.39, 0.29) is 29.5 Å². The van der Waals surface area contributed by atoms with Crippen molar-refractivity contribution in [3.8, 4) is 0 Å². The lowest BCUT2D eigenvalue weighted by Crippen LogP contribution is -2.51. The highest BCUT2D eigenvalue weighted by molar-refractivity contribution is 7.91. The highest BCUT2D eigenvalue weighted by Crippen LogP contribution is 2.33. The van der Waals surface area contributed by atoms with Gasteiger partial charge in [0.1, 0.15) is 0 Å². The lowest BCUT2D eigenvalue weighted by Gasteiger charge is -2.36. The second kappa shape index (κ2) is 6.87. The Balaban J connectivity index is 1.55. The molecule has 26 heavy (non-hydrogen) atoms. The minimum absolute atomic E-state index is 0.0996. The average Bonchev–Trinajstić information content (AvgIpc) is 3.30. The standard InChI is InChI=1S/C20H28N2O3S/c1-15-12-16-6-2-5-9-19(16)21(15)13-20(23)22(17-7-3-4-8-17)18-10-11-26(24,25)14-18/h2,5-6,9,15,17-18H,3-4,7-8,10-14H2,1H3/t15-,18-/m0/s1. The Hall–Kier alpha value is -1.56. The van der Waals surface area contributed by atoms with Crippen molar-refractivity contribution in [1.82, 2.24) is 4.90 Å². The van der Waals surface area contributed by atoms with Gasteiger partial charge in [-0.1, -0.05) is 31.0 Å². The average molecular weight is 377 g/mol. The van der Waals surface area contributed by atoms with Crippen molar-refractivity contribution in [3.05, 3.63) is 29.8 Å².